The lowest BCUT2D eigenvalue weighted by atomic mass is 10.1. The van der Waals surface area contributed by atoms with Gasteiger partial charge in [0.2, 0.25) is 5.91 Å². The Labute approximate surface area is 275 Å². The summed E-state index contributed by atoms with van der Waals surface area (Å²) >= 11 is 0.965. The van der Waals surface area contributed by atoms with E-state index >= 15 is 0 Å². The summed E-state index contributed by atoms with van der Waals surface area (Å²) in [4.78, 5) is 39.9. The minimum Gasteiger partial charge on any atom is -0.321 e. The molecule has 0 saturated carbocycles. The molecule has 0 radical (unpaired) electrons. The van der Waals surface area contributed by atoms with Gasteiger partial charge in [0.25, 0.3) is 11.8 Å². The quantitative estimate of drug-likeness (QED) is 0.0603. The van der Waals surface area contributed by atoms with E-state index in [0.29, 0.717) is 10.5 Å². The molecule has 5 aromatic rings. The van der Waals surface area contributed by atoms with Crippen LogP contribution in [-0.4, -0.2) is 17.7 Å². The molecule has 242 valence electrons. The maximum Gasteiger partial charge on any atom is 0.272 e. The van der Waals surface area contributed by atoms with Crippen LogP contribution in [-0.2, 0) is 9.59 Å². The summed E-state index contributed by atoms with van der Waals surface area (Å²) < 4.78 is 70.6. The van der Waals surface area contributed by atoms with E-state index in [0.717, 1.165) is 11.8 Å². The third kappa shape index (κ3) is 8.15. The van der Waals surface area contributed by atoms with Gasteiger partial charge in [0.1, 0.15) is 22.5 Å². The Morgan fingerprint density at radius 3 is 1.85 bits per heavy atom. The SMILES string of the molecule is O=C(Nc1ccc(SC(C(=O)Nc2c(F)c(F)cc(F)c2F)c2ccccc2)cc1)/C(=C/c1ccccc1F)NC(=O)c1ccccc1. The molecule has 3 N–H and O–H groups in total. The zero-order valence-corrected chi connectivity index (χ0v) is 25.5. The lowest BCUT2D eigenvalue weighted by Gasteiger charge is -2.18. The topological polar surface area (TPSA) is 87.3 Å². The number of carbonyl (C=O) groups is 3. The third-order valence-electron chi connectivity index (χ3n) is 6.80. The van der Waals surface area contributed by atoms with Crippen molar-refractivity contribution in [2.45, 2.75) is 10.1 Å². The molecule has 6 nitrogen and oxygen atoms in total. The molecule has 1 unspecified atom stereocenters. The standard InChI is InChI=1S/C36H24F5N3O3S/c37-26-14-8-7-13-23(26)19-29(43-34(45)22-11-5-2-6-12-22)35(46)42-24-15-17-25(18-16-24)48-33(21-9-3-1-4-10-21)36(47)44-32-30(40)27(38)20-28(39)31(32)41/h1-20,33H,(H,42,46)(H,43,45)(H,44,47)/b29-19-. The molecular formula is C36H24F5N3O3S. The summed E-state index contributed by atoms with van der Waals surface area (Å²) in [6.07, 6.45) is 1.20. The van der Waals surface area contributed by atoms with Crippen molar-refractivity contribution in [2.75, 3.05) is 10.6 Å². The second-order valence-electron chi connectivity index (χ2n) is 10.1. The molecule has 3 amide bonds. The van der Waals surface area contributed by atoms with E-state index in [1.807, 2.05) is 5.32 Å². The number of nitrogens with one attached hydrogen (secondary N) is 3. The van der Waals surface area contributed by atoms with Crippen molar-refractivity contribution in [1.82, 2.24) is 5.32 Å². The van der Waals surface area contributed by atoms with Crippen molar-refractivity contribution < 1.29 is 36.3 Å². The summed E-state index contributed by atoms with van der Waals surface area (Å²) in [7, 11) is 0. The number of hydrogen-bond acceptors (Lipinski definition) is 4. The van der Waals surface area contributed by atoms with Gasteiger partial charge in [-0.2, -0.15) is 0 Å². The highest BCUT2D eigenvalue weighted by Crippen LogP contribution is 2.37. The van der Waals surface area contributed by atoms with Crippen LogP contribution in [0.4, 0.5) is 33.3 Å². The maximum absolute atomic E-state index is 14.4. The Bertz CT molecular complexity index is 1970. The number of halogens is 5. The van der Waals surface area contributed by atoms with Crippen LogP contribution in [0.5, 0.6) is 0 Å². The second-order valence-corrected chi connectivity index (χ2v) is 11.3. The zero-order valence-electron chi connectivity index (χ0n) is 24.6. The van der Waals surface area contributed by atoms with Crippen molar-refractivity contribution in [3.63, 3.8) is 0 Å². The predicted molar refractivity (Wildman–Crippen MR) is 173 cm³/mol. The van der Waals surface area contributed by atoms with Gasteiger partial charge < -0.3 is 16.0 Å². The molecule has 5 aromatic carbocycles. The molecule has 5 rings (SSSR count). The molecule has 0 heterocycles. The number of amides is 3. The Hall–Kier alpha value is -5.75. The Morgan fingerprint density at radius 2 is 1.23 bits per heavy atom. The monoisotopic (exact) mass is 673 g/mol. The highest BCUT2D eigenvalue weighted by atomic mass is 32.2. The molecule has 1 atom stereocenters. The van der Waals surface area contributed by atoms with Gasteiger partial charge in [0.15, 0.2) is 23.3 Å². The van der Waals surface area contributed by atoms with E-state index in [2.05, 4.69) is 10.6 Å². The van der Waals surface area contributed by atoms with Crippen molar-refractivity contribution in [3.8, 4) is 0 Å². The first kappa shape index (κ1) is 33.6. The van der Waals surface area contributed by atoms with Crippen LogP contribution in [0.1, 0.15) is 26.7 Å². The van der Waals surface area contributed by atoms with Crippen molar-refractivity contribution in [2.24, 2.45) is 0 Å². The minimum atomic E-state index is -1.75. The average molecular weight is 674 g/mol. The van der Waals surface area contributed by atoms with Crippen LogP contribution < -0.4 is 16.0 Å². The molecule has 0 fully saturated rings. The number of rotatable bonds is 10. The molecule has 48 heavy (non-hydrogen) atoms. The summed E-state index contributed by atoms with van der Waals surface area (Å²) in [5, 5.41) is 6.01. The number of carbonyl (C=O) groups excluding carboxylic acids is 3. The molecule has 0 aliphatic rings. The molecule has 0 aromatic heterocycles. The van der Waals surface area contributed by atoms with E-state index < -0.39 is 57.7 Å². The first-order valence-corrected chi connectivity index (χ1v) is 15.1. The Kier molecular flexibility index (Phi) is 10.7. The van der Waals surface area contributed by atoms with Gasteiger partial charge in [-0.25, -0.2) is 22.0 Å². The van der Waals surface area contributed by atoms with Crippen molar-refractivity contribution in [1.29, 1.82) is 0 Å². The number of benzene rings is 5. The van der Waals surface area contributed by atoms with E-state index in [9.17, 15) is 36.3 Å². The normalized spacial score (nSPS) is 11.8. The Morgan fingerprint density at radius 1 is 0.646 bits per heavy atom. The highest BCUT2D eigenvalue weighted by Gasteiger charge is 2.27. The Balaban J connectivity index is 1.36. The molecule has 0 saturated heterocycles. The maximum atomic E-state index is 14.4. The van der Waals surface area contributed by atoms with Gasteiger partial charge in [-0.3, -0.25) is 14.4 Å². The van der Waals surface area contributed by atoms with E-state index in [4.69, 9.17) is 0 Å². The summed E-state index contributed by atoms with van der Waals surface area (Å²) in [5.41, 5.74) is -0.452. The lowest BCUT2D eigenvalue weighted by molar-refractivity contribution is -0.116. The molecule has 0 bridgehead atoms. The van der Waals surface area contributed by atoms with Crippen LogP contribution in [0.15, 0.2) is 126 Å². The zero-order chi connectivity index (χ0) is 34.2. The van der Waals surface area contributed by atoms with Crippen LogP contribution in [0, 0.1) is 29.1 Å². The first-order valence-electron chi connectivity index (χ1n) is 14.2. The second kappa shape index (κ2) is 15.2. The van der Waals surface area contributed by atoms with Gasteiger partial charge in [0, 0.05) is 27.8 Å². The van der Waals surface area contributed by atoms with Crippen molar-refractivity contribution >= 4 is 46.9 Å². The van der Waals surface area contributed by atoms with Crippen LogP contribution in [0.2, 0.25) is 0 Å². The summed E-state index contributed by atoms with van der Waals surface area (Å²) in [6, 6.07) is 28.2. The molecule has 0 aliphatic carbocycles. The van der Waals surface area contributed by atoms with E-state index in [1.54, 1.807) is 78.9 Å². The largest absolute Gasteiger partial charge is 0.321 e. The van der Waals surface area contributed by atoms with Crippen LogP contribution in [0.25, 0.3) is 6.08 Å². The van der Waals surface area contributed by atoms with E-state index in [-0.39, 0.29) is 28.6 Å². The van der Waals surface area contributed by atoms with Gasteiger partial charge in [-0.1, -0.05) is 66.7 Å². The first-order chi connectivity index (χ1) is 23.1. The molecule has 0 spiro atoms. The average Bonchev–Trinajstić information content (AvgIpc) is 3.10. The third-order valence-corrected chi connectivity index (χ3v) is 8.07. The number of thioether (sulfide) groups is 1. The van der Waals surface area contributed by atoms with E-state index in [1.165, 1.54) is 36.4 Å². The molecular weight excluding hydrogens is 649 g/mol. The minimum absolute atomic E-state index is 0.0417. The van der Waals surface area contributed by atoms with Gasteiger partial charge in [0.05, 0.1) is 0 Å². The summed E-state index contributed by atoms with van der Waals surface area (Å²) in [5.74, 6) is -9.74. The predicted octanol–water partition coefficient (Wildman–Crippen LogP) is 8.26. The lowest BCUT2D eigenvalue weighted by Crippen LogP contribution is -2.30. The number of anilines is 2. The van der Waals surface area contributed by atoms with Gasteiger partial charge >= 0.3 is 0 Å². The fourth-order valence-electron chi connectivity index (χ4n) is 4.41. The summed E-state index contributed by atoms with van der Waals surface area (Å²) in [6.45, 7) is 0. The number of hydrogen-bond donors (Lipinski definition) is 3. The fraction of sp³-hybridized carbons (Fsp3) is 0.0278. The van der Waals surface area contributed by atoms with Crippen LogP contribution >= 0.6 is 11.8 Å². The van der Waals surface area contributed by atoms with Crippen molar-refractivity contribution in [3.05, 3.63) is 167 Å². The fourth-order valence-corrected chi connectivity index (χ4v) is 5.44. The van der Waals surface area contributed by atoms with Gasteiger partial charge in [-0.05, 0) is 54.1 Å². The van der Waals surface area contributed by atoms with Crippen LogP contribution in [0.3, 0.4) is 0 Å². The van der Waals surface area contributed by atoms with Gasteiger partial charge in [-0.15, -0.1) is 11.8 Å². The highest BCUT2D eigenvalue weighted by molar-refractivity contribution is 8.00. The smallest absolute Gasteiger partial charge is 0.272 e. The molecule has 12 heteroatoms. The molecule has 0 aliphatic heterocycles.